The molecule has 1 aliphatic rings. The van der Waals surface area contributed by atoms with Gasteiger partial charge in [-0.25, -0.2) is 28.6 Å². The Morgan fingerprint density at radius 3 is 2.43 bits per heavy atom. The number of nitrogens with two attached hydrogens (primary N) is 1. The number of aliphatic hydroxyl groups excluding tert-OH is 2. The summed E-state index contributed by atoms with van der Waals surface area (Å²) in [6.45, 7) is 5.17. The molecule has 0 bridgehead atoms. The summed E-state index contributed by atoms with van der Waals surface area (Å²) in [5.74, 6) is 1.02. The normalized spacial score (nSPS) is 22.9. The fourth-order valence-electron chi connectivity index (χ4n) is 4.60. The Hall–Kier alpha value is -2.11. The molecule has 3 heterocycles. The predicted octanol–water partition coefficient (Wildman–Crippen LogP) is 0.184. The number of nitrogen functional groups attached to an aromatic ring is 1. The third kappa shape index (κ3) is 13.9. The van der Waals surface area contributed by atoms with Gasteiger partial charge in [0.15, 0.2) is 17.7 Å². The number of fused-ring (bicyclic) bond motifs is 1. The van der Waals surface area contributed by atoms with Crippen molar-refractivity contribution in [3.8, 4) is 0 Å². The third-order valence-electron chi connectivity index (χ3n) is 7.75. The number of nitrogens with zero attached hydrogens (tertiary/aromatic N) is 4. The van der Waals surface area contributed by atoms with Crippen LogP contribution in [0, 0.1) is 11.3 Å². The Bertz CT molecular complexity index is 1700. The lowest BCUT2D eigenvalue weighted by Gasteiger charge is -2.30. The minimum absolute atomic E-state index is 0.0339. The molecule has 3 rings (SSSR count). The summed E-state index contributed by atoms with van der Waals surface area (Å²) in [7, 11) is -16.3. The van der Waals surface area contributed by atoms with E-state index in [4.69, 9.17) is 19.5 Å². The largest absolute Gasteiger partial charge is 0.481 e. The lowest BCUT2D eigenvalue weighted by atomic mass is 9.87. The van der Waals surface area contributed by atoms with Crippen LogP contribution < -0.4 is 16.4 Å². The first kappa shape index (κ1) is 45.3. The lowest BCUT2D eigenvalue weighted by Crippen LogP contribution is -2.46. The summed E-state index contributed by atoms with van der Waals surface area (Å²) in [6, 6.07) is 0. The van der Waals surface area contributed by atoms with Crippen LogP contribution in [0.15, 0.2) is 12.7 Å². The number of phosphoric acid groups is 3. The van der Waals surface area contributed by atoms with Crippen molar-refractivity contribution in [2.45, 2.75) is 71.2 Å². The third-order valence-corrected chi connectivity index (χ3v) is 12.1. The fourth-order valence-corrected chi connectivity index (χ4v) is 8.48. The van der Waals surface area contributed by atoms with Gasteiger partial charge in [0, 0.05) is 30.7 Å². The molecule has 8 atom stereocenters. The van der Waals surface area contributed by atoms with E-state index >= 15 is 0 Å². The molecule has 2 amide bonds. The number of aliphatic hydroxyl groups is 2. The number of imidazole rings is 1. The lowest BCUT2D eigenvalue weighted by molar-refractivity contribution is -0.137. The predicted molar refractivity (Wildman–Crippen MR) is 186 cm³/mol. The Kier molecular flexibility index (Phi) is 16.4. The molecule has 27 heteroatoms. The second kappa shape index (κ2) is 19.2. The van der Waals surface area contributed by atoms with Crippen LogP contribution in [-0.2, 0) is 45.9 Å². The van der Waals surface area contributed by atoms with Crippen LogP contribution >= 0.6 is 35.2 Å². The molecular weight excluding hydrogens is 791 g/mol. The molecule has 0 radical (unpaired) electrons. The first-order valence-electron chi connectivity index (χ1n) is 16.0. The SMILES string of the molecule is CCC(C)CSCCNC(=O)CCNC(=O)[C@H](O)C(C)(C)COP(=O)(O)OP(=O)(O)OC[C@H]1O[C@@H](n2cnc3c(N)ncnc32)[C@H](O)[C@@H]1OP(=O)(O)O. The Morgan fingerprint density at radius 1 is 1.09 bits per heavy atom. The van der Waals surface area contributed by atoms with Crippen molar-refractivity contribution in [2.24, 2.45) is 11.3 Å². The number of amides is 2. The first-order valence-corrected chi connectivity index (χ1v) is 21.7. The number of anilines is 1. The summed E-state index contributed by atoms with van der Waals surface area (Å²) in [5, 5.41) is 26.5. The van der Waals surface area contributed by atoms with Crippen molar-refractivity contribution < 1.29 is 75.7 Å². The van der Waals surface area contributed by atoms with Crippen LogP contribution in [-0.4, -0.2) is 123 Å². The molecule has 302 valence electrons. The van der Waals surface area contributed by atoms with Crippen molar-refractivity contribution in [3.05, 3.63) is 12.7 Å². The van der Waals surface area contributed by atoms with E-state index in [1.54, 1.807) is 11.8 Å². The fraction of sp³-hybridized carbons (Fsp3) is 0.731. The van der Waals surface area contributed by atoms with E-state index in [1.807, 2.05) is 0 Å². The number of phosphoric ester groups is 3. The molecule has 0 spiro atoms. The number of carbonyl (C=O) groups is 2. The molecule has 1 saturated heterocycles. The van der Waals surface area contributed by atoms with Crippen LogP contribution in [0.5, 0.6) is 0 Å². The molecule has 23 nitrogen and oxygen atoms in total. The maximum Gasteiger partial charge on any atom is 0.481 e. The smallest absolute Gasteiger partial charge is 0.386 e. The van der Waals surface area contributed by atoms with Gasteiger partial charge < -0.3 is 50.9 Å². The Balaban J connectivity index is 1.51. The average Bonchev–Trinajstić information content (AvgIpc) is 3.62. The van der Waals surface area contributed by atoms with Crippen molar-refractivity contribution in [3.63, 3.8) is 0 Å². The van der Waals surface area contributed by atoms with Gasteiger partial charge in [0.25, 0.3) is 0 Å². The van der Waals surface area contributed by atoms with Crippen LogP contribution in [0.25, 0.3) is 11.2 Å². The Labute approximate surface area is 308 Å². The van der Waals surface area contributed by atoms with E-state index in [9.17, 15) is 53.1 Å². The second-order valence-electron chi connectivity index (χ2n) is 12.7. The molecule has 3 unspecified atom stereocenters. The van der Waals surface area contributed by atoms with Crippen molar-refractivity contribution in [1.29, 1.82) is 0 Å². The van der Waals surface area contributed by atoms with Crippen molar-refractivity contribution >= 4 is 64.0 Å². The summed E-state index contributed by atoms with van der Waals surface area (Å²) in [5.41, 5.74) is 4.32. The molecule has 0 aliphatic carbocycles. The van der Waals surface area contributed by atoms with Gasteiger partial charge >= 0.3 is 23.5 Å². The summed E-state index contributed by atoms with van der Waals surface area (Å²) in [4.78, 5) is 75.5. The highest BCUT2D eigenvalue weighted by atomic mass is 32.2. The van der Waals surface area contributed by atoms with E-state index in [0.29, 0.717) is 12.5 Å². The zero-order chi connectivity index (χ0) is 39.8. The Morgan fingerprint density at radius 2 is 1.77 bits per heavy atom. The van der Waals surface area contributed by atoms with Gasteiger partial charge in [-0.2, -0.15) is 16.1 Å². The van der Waals surface area contributed by atoms with Gasteiger partial charge in [0.1, 0.15) is 36.3 Å². The van der Waals surface area contributed by atoms with Crippen LogP contribution in [0.2, 0.25) is 0 Å². The highest BCUT2D eigenvalue weighted by molar-refractivity contribution is 7.99. The molecule has 0 aromatic carbocycles. The number of nitrogens with one attached hydrogen (secondary N) is 2. The van der Waals surface area contributed by atoms with Crippen LogP contribution in [0.3, 0.4) is 0 Å². The van der Waals surface area contributed by atoms with Gasteiger partial charge in [-0.1, -0.05) is 34.1 Å². The second-order valence-corrected chi connectivity index (χ2v) is 18.0. The number of hydrogen-bond acceptors (Lipinski definition) is 17. The van der Waals surface area contributed by atoms with Gasteiger partial charge in [-0.15, -0.1) is 0 Å². The number of carbonyl (C=O) groups excluding carboxylic acids is 2. The van der Waals surface area contributed by atoms with E-state index in [0.717, 1.165) is 35.1 Å². The molecule has 10 N–H and O–H groups in total. The van der Waals surface area contributed by atoms with Crippen molar-refractivity contribution in [1.82, 2.24) is 30.2 Å². The maximum absolute atomic E-state index is 12.7. The summed E-state index contributed by atoms with van der Waals surface area (Å²) < 4.78 is 62.1. The van der Waals surface area contributed by atoms with E-state index < -0.39 is 78.6 Å². The van der Waals surface area contributed by atoms with E-state index in [1.165, 1.54) is 13.8 Å². The molecule has 53 heavy (non-hydrogen) atoms. The van der Waals surface area contributed by atoms with Crippen molar-refractivity contribution in [2.75, 3.05) is 43.5 Å². The minimum atomic E-state index is -5.54. The maximum atomic E-state index is 12.7. The summed E-state index contributed by atoms with van der Waals surface area (Å²) >= 11 is 1.72. The molecule has 2 aromatic rings. The van der Waals surface area contributed by atoms with Gasteiger partial charge in [-0.3, -0.25) is 27.7 Å². The zero-order valence-corrected chi connectivity index (χ0v) is 32.7. The quantitative estimate of drug-likeness (QED) is 0.0564. The minimum Gasteiger partial charge on any atom is -0.386 e. The highest BCUT2D eigenvalue weighted by Crippen LogP contribution is 2.61. The molecule has 1 fully saturated rings. The van der Waals surface area contributed by atoms with Gasteiger partial charge in [0.05, 0.1) is 19.5 Å². The van der Waals surface area contributed by atoms with Gasteiger partial charge in [0.2, 0.25) is 11.8 Å². The molecule has 2 aromatic heterocycles. The number of rotatable bonds is 22. The van der Waals surface area contributed by atoms with E-state index in [2.05, 4.69) is 48.3 Å². The van der Waals surface area contributed by atoms with Crippen LogP contribution in [0.1, 0.15) is 46.8 Å². The van der Waals surface area contributed by atoms with Crippen LogP contribution in [0.4, 0.5) is 5.82 Å². The monoisotopic (exact) mass is 837 g/mol. The number of ether oxygens (including phenoxy) is 1. The number of aromatic nitrogens is 4. The zero-order valence-electron chi connectivity index (χ0n) is 29.2. The topological polar surface area (TPSA) is 347 Å². The highest BCUT2D eigenvalue weighted by Gasteiger charge is 2.50. The van der Waals surface area contributed by atoms with E-state index in [-0.39, 0.29) is 35.9 Å². The molecular formula is C26H46N7O16P3S. The summed E-state index contributed by atoms with van der Waals surface area (Å²) in [6.07, 6.45) is -5.63. The number of thioether (sulfide) groups is 1. The number of hydrogen-bond donors (Lipinski definition) is 9. The van der Waals surface area contributed by atoms with Gasteiger partial charge in [-0.05, 0) is 11.7 Å². The standard InChI is InChI=1S/C26H46N7O16P3S/c1-5-15(2)11-53-9-8-28-17(34)6-7-29-24(37)21(36)26(3,4)12-46-52(43,44)49-51(41,42)45-10-16-20(48-50(38,39)40)19(35)25(47-16)33-14-32-18-22(27)30-13-31-23(18)33/h13-16,19-21,25,35-36H,5-12H2,1-4H3,(H,28,34)(H,29,37)(H,41,42)(H,43,44)(H2,27,30,31)(H2,38,39,40)/t15?,16-,19-,20-,21+,25-/m1/s1. The molecule has 1 aliphatic heterocycles. The molecule has 0 saturated carbocycles. The first-order chi connectivity index (χ1) is 24.6. The average molecular weight is 838 g/mol.